The Hall–Kier alpha value is -3.03. The van der Waals surface area contributed by atoms with Crippen LogP contribution in [-0.4, -0.2) is 37.1 Å². The first kappa shape index (κ1) is 22.7. The molecule has 2 saturated heterocycles. The Balaban J connectivity index is 1.31. The van der Waals surface area contributed by atoms with E-state index in [1.165, 1.54) is 0 Å². The monoisotopic (exact) mass is 459 g/mol. The van der Waals surface area contributed by atoms with Gasteiger partial charge in [-0.1, -0.05) is 91.0 Å². The molecule has 0 aromatic heterocycles. The first-order valence-corrected chi connectivity index (χ1v) is 11.7. The predicted molar refractivity (Wildman–Crippen MR) is 126 cm³/mol. The fraction of sp³-hybridized carbons (Fsp3) is 0.321. The van der Waals surface area contributed by atoms with Gasteiger partial charge in [-0.15, -0.1) is 0 Å². The number of hydrogen-bond acceptors (Lipinski definition) is 5. The first-order valence-electron chi connectivity index (χ1n) is 11.7. The minimum atomic E-state index is -0.452. The number of benzene rings is 3. The lowest BCUT2D eigenvalue weighted by molar-refractivity contribution is -0.265. The second kappa shape index (κ2) is 10.9. The van der Waals surface area contributed by atoms with Crippen LogP contribution in [0.3, 0.4) is 0 Å². The number of hydrogen-bond donors (Lipinski definition) is 1. The smallest absolute Gasteiger partial charge is 0.232 e. The van der Waals surface area contributed by atoms with Crippen LogP contribution in [0.2, 0.25) is 0 Å². The zero-order chi connectivity index (χ0) is 23.2. The van der Waals surface area contributed by atoms with Crippen molar-refractivity contribution >= 4 is 5.91 Å². The third-order valence-electron chi connectivity index (χ3n) is 6.24. The van der Waals surface area contributed by atoms with E-state index in [1.54, 1.807) is 0 Å². The van der Waals surface area contributed by atoms with Crippen LogP contribution in [0.15, 0.2) is 91.0 Å². The molecule has 0 radical (unpaired) electrons. The van der Waals surface area contributed by atoms with Crippen LogP contribution in [0.1, 0.15) is 16.7 Å². The first-order chi connectivity index (χ1) is 16.8. The van der Waals surface area contributed by atoms with E-state index in [-0.39, 0.29) is 12.0 Å². The molecular formula is C28H29NO5. The molecule has 0 aliphatic carbocycles. The van der Waals surface area contributed by atoms with Gasteiger partial charge in [-0.25, -0.2) is 0 Å². The van der Waals surface area contributed by atoms with Gasteiger partial charge in [0.25, 0.3) is 0 Å². The van der Waals surface area contributed by atoms with Crippen LogP contribution in [0.4, 0.5) is 0 Å². The molecule has 2 aliphatic rings. The summed E-state index contributed by atoms with van der Waals surface area (Å²) < 4.78 is 25.0. The van der Waals surface area contributed by atoms with Gasteiger partial charge in [-0.05, 0) is 16.7 Å². The van der Waals surface area contributed by atoms with Crippen molar-refractivity contribution in [3.8, 4) is 0 Å². The van der Waals surface area contributed by atoms with Gasteiger partial charge in [-0.2, -0.15) is 0 Å². The topological polar surface area (TPSA) is 66.0 Å². The van der Waals surface area contributed by atoms with Gasteiger partial charge < -0.3 is 24.3 Å². The fourth-order valence-electron chi connectivity index (χ4n) is 4.42. The highest BCUT2D eigenvalue weighted by atomic mass is 16.6. The molecule has 0 bridgehead atoms. The number of carbonyl (C=O) groups is 1. The van der Waals surface area contributed by atoms with E-state index < -0.39 is 24.4 Å². The van der Waals surface area contributed by atoms with Gasteiger partial charge in [0.2, 0.25) is 5.91 Å². The quantitative estimate of drug-likeness (QED) is 0.467. The minimum absolute atomic E-state index is 0.0694. The molecule has 3 aromatic carbocycles. The second-order valence-corrected chi connectivity index (χ2v) is 8.65. The molecule has 5 rings (SSSR count). The summed E-state index contributed by atoms with van der Waals surface area (Å²) in [6.45, 7) is 1.60. The van der Waals surface area contributed by atoms with Gasteiger partial charge in [0.05, 0.1) is 26.4 Å². The molecule has 2 heterocycles. The van der Waals surface area contributed by atoms with E-state index in [9.17, 15) is 4.79 Å². The maximum Gasteiger partial charge on any atom is 0.232 e. The SMILES string of the molecule is O=C1N[C@H]2O[C@H](COCc3ccccc3)[C@@H](OCc3ccccc3)[C@H](OCc3ccccc3)[C@@H]12. The summed E-state index contributed by atoms with van der Waals surface area (Å²) in [7, 11) is 0. The van der Waals surface area contributed by atoms with Crippen molar-refractivity contribution in [2.75, 3.05) is 6.61 Å². The van der Waals surface area contributed by atoms with Crippen LogP contribution in [0.25, 0.3) is 0 Å². The van der Waals surface area contributed by atoms with E-state index in [2.05, 4.69) is 5.32 Å². The maximum absolute atomic E-state index is 12.5. The molecule has 1 amide bonds. The standard InChI is InChI=1S/C28H29NO5/c30-27-24-26(33-18-22-14-8-3-9-15-22)25(32-17-21-12-6-2-7-13-21)23(34-28(24)29-27)19-31-16-20-10-4-1-5-11-20/h1-15,23-26,28H,16-19H2,(H,29,30)/t23-,24+,25-,26-,28+/m1/s1. The Labute approximate surface area is 199 Å². The summed E-state index contributed by atoms with van der Waals surface area (Å²) in [6.07, 6.45) is -1.67. The van der Waals surface area contributed by atoms with E-state index in [4.69, 9.17) is 18.9 Å². The van der Waals surface area contributed by atoms with E-state index in [1.807, 2.05) is 91.0 Å². The lowest BCUT2D eigenvalue weighted by Crippen LogP contribution is -2.72. The number of nitrogens with one attached hydrogen (secondary N) is 1. The van der Waals surface area contributed by atoms with Crippen molar-refractivity contribution in [2.24, 2.45) is 5.92 Å². The normalized spacial score (nSPS) is 25.8. The summed E-state index contributed by atoms with van der Waals surface area (Å²) in [6, 6.07) is 29.9. The highest BCUT2D eigenvalue weighted by Crippen LogP contribution is 2.35. The summed E-state index contributed by atoms with van der Waals surface area (Å²) in [5.41, 5.74) is 3.18. The van der Waals surface area contributed by atoms with Gasteiger partial charge in [0.15, 0.2) is 0 Å². The molecule has 0 spiro atoms. The molecule has 3 aromatic rings. The summed E-state index contributed by atoms with van der Waals surface area (Å²) in [5, 5.41) is 2.85. The lowest BCUT2D eigenvalue weighted by atomic mass is 9.84. The molecule has 6 heteroatoms. The van der Waals surface area contributed by atoms with Crippen molar-refractivity contribution < 1.29 is 23.7 Å². The van der Waals surface area contributed by atoms with Crippen molar-refractivity contribution in [3.63, 3.8) is 0 Å². The van der Waals surface area contributed by atoms with Crippen molar-refractivity contribution in [1.29, 1.82) is 0 Å². The number of β-lactam (4-membered cyclic amide) rings is 1. The Kier molecular flexibility index (Phi) is 7.31. The highest BCUT2D eigenvalue weighted by molar-refractivity contribution is 5.86. The molecule has 2 fully saturated rings. The molecule has 2 aliphatic heterocycles. The van der Waals surface area contributed by atoms with Gasteiger partial charge in [0.1, 0.15) is 30.5 Å². The largest absolute Gasteiger partial charge is 0.374 e. The van der Waals surface area contributed by atoms with E-state index in [0.29, 0.717) is 26.4 Å². The highest BCUT2D eigenvalue weighted by Gasteiger charge is 2.56. The Morgan fingerprint density at radius 2 is 1.18 bits per heavy atom. The minimum Gasteiger partial charge on any atom is -0.374 e. The number of rotatable bonds is 10. The second-order valence-electron chi connectivity index (χ2n) is 8.65. The number of fused-ring (bicyclic) bond motifs is 1. The molecule has 0 saturated carbocycles. The molecule has 6 nitrogen and oxygen atoms in total. The molecule has 5 atom stereocenters. The third kappa shape index (κ3) is 5.37. The number of amides is 1. The van der Waals surface area contributed by atoms with Crippen molar-refractivity contribution in [2.45, 2.75) is 44.4 Å². The lowest BCUT2D eigenvalue weighted by Gasteiger charge is -2.50. The van der Waals surface area contributed by atoms with E-state index in [0.717, 1.165) is 16.7 Å². The fourth-order valence-corrected chi connectivity index (χ4v) is 4.42. The van der Waals surface area contributed by atoms with Gasteiger partial charge in [0, 0.05) is 0 Å². The Bertz CT molecular complexity index is 1050. The van der Waals surface area contributed by atoms with Crippen LogP contribution < -0.4 is 5.32 Å². The van der Waals surface area contributed by atoms with Crippen molar-refractivity contribution in [3.05, 3.63) is 108 Å². The number of carbonyl (C=O) groups excluding carboxylic acids is 1. The van der Waals surface area contributed by atoms with Crippen LogP contribution >= 0.6 is 0 Å². The molecule has 176 valence electrons. The number of ether oxygens (including phenoxy) is 4. The Morgan fingerprint density at radius 1 is 0.676 bits per heavy atom. The average molecular weight is 460 g/mol. The third-order valence-corrected chi connectivity index (χ3v) is 6.24. The van der Waals surface area contributed by atoms with Gasteiger partial charge in [-0.3, -0.25) is 4.79 Å². The van der Waals surface area contributed by atoms with Crippen LogP contribution in [0, 0.1) is 5.92 Å². The molecular weight excluding hydrogens is 430 g/mol. The summed E-state index contributed by atoms with van der Waals surface area (Å²) in [5.74, 6) is -0.477. The predicted octanol–water partition coefficient (Wildman–Crippen LogP) is 3.84. The summed E-state index contributed by atoms with van der Waals surface area (Å²) in [4.78, 5) is 12.5. The van der Waals surface area contributed by atoms with E-state index >= 15 is 0 Å². The van der Waals surface area contributed by atoms with Gasteiger partial charge >= 0.3 is 0 Å². The summed E-state index contributed by atoms with van der Waals surface area (Å²) >= 11 is 0. The van der Waals surface area contributed by atoms with Crippen LogP contribution in [-0.2, 0) is 43.6 Å². The van der Waals surface area contributed by atoms with Crippen molar-refractivity contribution in [1.82, 2.24) is 5.32 Å². The average Bonchev–Trinajstić information content (AvgIpc) is 2.88. The zero-order valence-electron chi connectivity index (χ0n) is 18.9. The molecule has 34 heavy (non-hydrogen) atoms. The zero-order valence-corrected chi connectivity index (χ0v) is 18.9. The molecule has 1 N–H and O–H groups in total. The molecule has 0 unspecified atom stereocenters. The maximum atomic E-state index is 12.5. The van der Waals surface area contributed by atoms with Crippen LogP contribution in [0.5, 0.6) is 0 Å². The Morgan fingerprint density at radius 3 is 1.71 bits per heavy atom.